The molecule has 0 spiro atoms. The van der Waals surface area contributed by atoms with Crippen LogP contribution in [0.5, 0.6) is 0 Å². The van der Waals surface area contributed by atoms with Crippen LogP contribution in [0.15, 0.2) is 0 Å². The lowest BCUT2D eigenvalue weighted by atomic mass is 9.88. The van der Waals surface area contributed by atoms with Gasteiger partial charge in [0.05, 0.1) is 0 Å². The Morgan fingerprint density at radius 1 is 1.21 bits per heavy atom. The summed E-state index contributed by atoms with van der Waals surface area (Å²) in [6.07, 6.45) is 9.89. The first-order chi connectivity index (χ1) is 6.70. The van der Waals surface area contributed by atoms with E-state index in [0.29, 0.717) is 0 Å². The van der Waals surface area contributed by atoms with E-state index in [1.807, 2.05) is 0 Å². The Hall–Kier alpha value is -0.530. The predicted molar refractivity (Wildman–Crippen MR) is 54.9 cm³/mol. The zero-order valence-electron chi connectivity index (χ0n) is 9.05. The summed E-state index contributed by atoms with van der Waals surface area (Å²) in [7, 11) is 0. The number of hydrogen-bond donors (Lipinski definition) is 0. The van der Waals surface area contributed by atoms with Gasteiger partial charge in [0.15, 0.2) is 0 Å². The lowest BCUT2D eigenvalue weighted by Crippen LogP contribution is -2.32. The second-order valence-electron chi connectivity index (χ2n) is 4.98. The number of carbonyl (C=O) groups excluding carboxylic acids is 1. The van der Waals surface area contributed by atoms with Crippen molar-refractivity contribution in [1.29, 1.82) is 0 Å². The van der Waals surface area contributed by atoms with Crippen LogP contribution in [0, 0.1) is 5.92 Å². The summed E-state index contributed by atoms with van der Waals surface area (Å²) in [6.45, 7) is 1.54. The fourth-order valence-electron chi connectivity index (χ4n) is 3.18. The first kappa shape index (κ1) is 10.0. The summed E-state index contributed by atoms with van der Waals surface area (Å²) in [5.74, 6) is 0.737. The van der Waals surface area contributed by atoms with E-state index in [1.54, 1.807) is 6.92 Å². The summed E-state index contributed by atoms with van der Waals surface area (Å²) in [4.78, 5) is 11.1. The summed E-state index contributed by atoms with van der Waals surface area (Å²) >= 11 is 0. The SMILES string of the molecule is CC(=O)OC12CCCCCC(CC1)C2. The molecule has 0 radical (unpaired) electrons. The maximum Gasteiger partial charge on any atom is 0.303 e. The Balaban J connectivity index is 2.04. The van der Waals surface area contributed by atoms with Gasteiger partial charge in [-0.3, -0.25) is 4.79 Å². The molecule has 0 aliphatic heterocycles. The van der Waals surface area contributed by atoms with E-state index in [0.717, 1.165) is 25.2 Å². The van der Waals surface area contributed by atoms with Crippen LogP contribution in [0.2, 0.25) is 0 Å². The van der Waals surface area contributed by atoms with Gasteiger partial charge >= 0.3 is 5.97 Å². The molecular weight excluding hydrogens is 176 g/mol. The molecule has 2 bridgehead atoms. The molecule has 2 atom stereocenters. The van der Waals surface area contributed by atoms with Crippen molar-refractivity contribution >= 4 is 5.97 Å². The Labute approximate surface area is 86.0 Å². The van der Waals surface area contributed by atoms with Crippen LogP contribution in [0.4, 0.5) is 0 Å². The van der Waals surface area contributed by atoms with Crippen LogP contribution in [-0.4, -0.2) is 11.6 Å². The molecule has 80 valence electrons. The lowest BCUT2D eigenvalue weighted by Gasteiger charge is -2.30. The maximum atomic E-state index is 11.1. The summed E-state index contributed by atoms with van der Waals surface area (Å²) < 4.78 is 5.57. The quantitative estimate of drug-likeness (QED) is 0.602. The highest BCUT2D eigenvalue weighted by Gasteiger charge is 2.41. The third-order valence-electron chi connectivity index (χ3n) is 3.77. The lowest BCUT2D eigenvalue weighted by molar-refractivity contribution is -0.157. The first-order valence-corrected chi connectivity index (χ1v) is 5.90. The van der Waals surface area contributed by atoms with Gasteiger partial charge in [0.1, 0.15) is 5.60 Å². The van der Waals surface area contributed by atoms with Crippen molar-refractivity contribution in [2.24, 2.45) is 5.92 Å². The van der Waals surface area contributed by atoms with Gasteiger partial charge in [-0.05, 0) is 38.0 Å². The third-order valence-corrected chi connectivity index (χ3v) is 3.77. The van der Waals surface area contributed by atoms with Crippen LogP contribution in [0.1, 0.15) is 58.3 Å². The minimum atomic E-state index is -0.0915. The normalized spacial score (nSPS) is 37.4. The molecule has 2 unspecified atom stereocenters. The van der Waals surface area contributed by atoms with Gasteiger partial charge in [0.2, 0.25) is 0 Å². The first-order valence-electron chi connectivity index (χ1n) is 5.90. The van der Waals surface area contributed by atoms with Crippen LogP contribution >= 0.6 is 0 Å². The number of fused-ring (bicyclic) bond motifs is 2. The van der Waals surface area contributed by atoms with Crippen molar-refractivity contribution in [2.75, 3.05) is 0 Å². The monoisotopic (exact) mass is 196 g/mol. The summed E-state index contributed by atoms with van der Waals surface area (Å²) in [6, 6.07) is 0. The van der Waals surface area contributed by atoms with Crippen LogP contribution in [-0.2, 0) is 9.53 Å². The number of carbonyl (C=O) groups is 1. The maximum absolute atomic E-state index is 11.1. The van der Waals surface area contributed by atoms with E-state index >= 15 is 0 Å². The molecule has 0 N–H and O–H groups in total. The molecule has 14 heavy (non-hydrogen) atoms. The van der Waals surface area contributed by atoms with Crippen molar-refractivity contribution in [3.05, 3.63) is 0 Å². The predicted octanol–water partition coefficient (Wildman–Crippen LogP) is 3.05. The number of hydrogen-bond acceptors (Lipinski definition) is 2. The van der Waals surface area contributed by atoms with Gasteiger partial charge in [-0.15, -0.1) is 0 Å². The molecule has 0 aromatic rings. The van der Waals surface area contributed by atoms with Gasteiger partial charge in [-0.2, -0.15) is 0 Å². The minimum absolute atomic E-state index is 0.0586. The van der Waals surface area contributed by atoms with Gasteiger partial charge in [-0.1, -0.05) is 19.3 Å². The van der Waals surface area contributed by atoms with Gasteiger partial charge in [-0.25, -0.2) is 0 Å². The van der Waals surface area contributed by atoms with Gasteiger partial charge in [0.25, 0.3) is 0 Å². The highest BCUT2D eigenvalue weighted by Crippen LogP contribution is 2.44. The molecule has 0 aromatic carbocycles. The van der Waals surface area contributed by atoms with E-state index in [9.17, 15) is 4.79 Å². The van der Waals surface area contributed by atoms with E-state index in [2.05, 4.69) is 0 Å². The minimum Gasteiger partial charge on any atom is -0.459 e. The fourth-order valence-corrected chi connectivity index (χ4v) is 3.18. The second kappa shape index (κ2) is 3.92. The molecule has 2 heteroatoms. The zero-order chi connectivity index (χ0) is 10.0. The van der Waals surface area contributed by atoms with Crippen molar-refractivity contribution in [3.8, 4) is 0 Å². The van der Waals surface area contributed by atoms with Crippen LogP contribution in [0.25, 0.3) is 0 Å². The van der Waals surface area contributed by atoms with E-state index in [4.69, 9.17) is 4.74 Å². The summed E-state index contributed by atoms with van der Waals surface area (Å²) in [5.41, 5.74) is -0.0586. The molecule has 0 saturated heterocycles. The largest absolute Gasteiger partial charge is 0.459 e. The third kappa shape index (κ3) is 2.10. The molecule has 2 aliphatic carbocycles. The fraction of sp³-hybridized carbons (Fsp3) is 0.917. The van der Waals surface area contributed by atoms with Gasteiger partial charge in [0, 0.05) is 6.92 Å². The highest BCUT2D eigenvalue weighted by atomic mass is 16.6. The molecule has 0 heterocycles. The standard InChI is InChI=1S/C12H20O2/c1-10(13)14-12-7-4-2-3-5-11(9-12)6-8-12/h11H,2-9H2,1H3. The molecule has 2 fully saturated rings. The van der Waals surface area contributed by atoms with Crippen molar-refractivity contribution in [2.45, 2.75) is 63.9 Å². The van der Waals surface area contributed by atoms with E-state index < -0.39 is 0 Å². The Bertz CT molecular complexity index is 224. The highest BCUT2D eigenvalue weighted by molar-refractivity contribution is 5.66. The summed E-state index contributed by atoms with van der Waals surface area (Å²) in [5, 5.41) is 0. The van der Waals surface area contributed by atoms with Crippen LogP contribution in [0.3, 0.4) is 0 Å². The average molecular weight is 196 g/mol. The second-order valence-corrected chi connectivity index (χ2v) is 4.98. The molecule has 2 nitrogen and oxygen atoms in total. The van der Waals surface area contributed by atoms with Crippen molar-refractivity contribution < 1.29 is 9.53 Å². The van der Waals surface area contributed by atoms with Crippen molar-refractivity contribution in [3.63, 3.8) is 0 Å². The molecule has 2 saturated carbocycles. The topological polar surface area (TPSA) is 26.3 Å². The molecule has 0 amide bonds. The number of esters is 1. The zero-order valence-corrected chi connectivity index (χ0v) is 9.05. The molecular formula is C12H20O2. The molecule has 0 aromatic heterocycles. The Morgan fingerprint density at radius 3 is 2.86 bits per heavy atom. The van der Waals surface area contributed by atoms with E-state index in [1.165, 1.54) is 32.1 Å². The van der Waals surface area contributed by atoms with E-state index in [-0.39, 0.29) is 11.6 Å². The molecule has 2 rings (SSSR count). The number of rotatable bonds is 1. The smallest absolute Gasteiger partial charge is 0.303 e. The number of ether oxygens (including phenoxy) is 1. The Kier molecular flexibility index (Phi) is 2.80. The molecule has 2 aliphatic rings. The van der Waals surface area contributed by atoms with Crippen LogP contribution < -0.4 is 0 Å². The Morgan fingerprint density at radius 2 is 2.07 bits per heavy atom. The van der Waals surface area contributed by atoms with Gasteiger partial charge < -0.3 is 4.74 Å². The average Bonchev–Trinajstić information content (AvgIpc) is 2.46. The van der Waals surface area contributed by atoms with Crippen molar-refractivity contribution in [1.82, 2.24) is 0 Å².